The molecule has 36 heavy (non-hydrogen) atoms. The van der Waals surface area contributed by atoms with Gasteiger partial charge >= 0.3 is 0 Å². The van der Waals surface area contributed by atoms with Gasteiger partial charge in [-0.15, -0.1) is 0 Å². The summed E-state index contributed by atoms with van der Waals surface area (Å²) in [6, 6.07) is 16.6. The van der Waals surface area contributed by atoms with Crippen LogP contribution >= 0.6 is 15.9 Å². The van der Waals surface area contributed by atoms with Crippen molar-refractivity contribution in [2.45, 2.75) is 26.4 Å². The van der Waals surface area contributed by atoms with E-state index < -0.39 is 0 Å². The normalized spacial score (nSPS) is 12.6. The monoisotopic (exact) mass is 549 g/mol. The molecule has 1 aromatic heterocycles. The molecule has 0 unspecified atom stereocenters. The zero-order valence-corrected chi connectivity index (χ0v) is 21.6. The van der Waals surface area contributed by atoms with Crippen LogP contribution < -0.4 is 24.5 Å². The molecule has 1 aliphatic heterocycles. The SMILES string of the molecule is COc1cc(C=Nn2c(C(C)C)nc3ccc(Br)cc3c2=O)ccc1OCc1ccc2c(c1)OCO2. The minimum absolute atomic E-state index is 0.00406. The lowest BCUT2D eigenvalue weighted by Gasteiger charge is -2.13. The largest absolute Gasteiger partial charge is 0.493 e. The first-order chi connectivity index (χ1) is 17.4. The van der Waals surface area contributed by atoms with Crippen LogP contribution in [-0.2, 0) is 6.61 Å². The summed E-state index contributed by atoms with van der Waals surface area (Å²) in [7, 11) is 1.58. The highest BCUT2D eigenvalue weighted by Crippen LogP contribution is 2.34. The van der Waals surface area contributed by atoms with Crippen LogP contribution in [0.5, 0.6) is 23.0 Å². The molecule has 8 nitrogen and oxygen atoms in total. The van der Waals surface area contributed by atoms with Crippen molar-refractivity contribution in [3.63, 3.8) is 0 Å². The van der Waals surface area contributed by atoms with Crippen molar-refractivity contribution in [3.05, 3.63) is 86.4 Å². The topological polar surface area (TPSA) is 84.2 Å². The summed E-state index contributed by atoms with van der Waals surface area (Å²) in [5.74, 6) is 3.17. The molecule has 4 aromatic rings. The second kappa shape index (κ2) is 10.0. The van der Waals surface area contributed by atoms with E-state index in [9.17, 15) is 4.79 Å². The number of hydrogen-bond acceptors (Lipinski definition) is 7. The molecule has 0 saturated carbocycles. The Bertz CT molecular complexity index is 1530. The molecule has 0 aliphatic carbocycles. The summed E-state index contributed by atoms with van der Waals surface area (Å²) in [6.45, 7) is 4.53. The van der Waals surface area contributed by atoms with Crippen molar-refractivity contribution >= 4 is 33.0 Å². The molecule has 0 N–H and O–H groups in total. The van der Waals surface area contributed by atoms with Gasteiger partial charge in [0.05, 0.1) is 24.2 Å². The van der Waals surface area contributed by atoms with E-state index in [1.165, 1.54) is 4.68 Å². The second-order valence-electron chi connectivity index (χ2n) is 8.53. The summed E-state index contributed by atoms with van der Waals surface area (Å²) >= 11 is 3.43. The third-order valence-corrected chi connectivity index (χ3v) is 6.18. The van der Waals surface area contributed by atoms with Crippen molar-refractivity contribution in [1.82, 2.24) is 9.66 Å². The number of ether oxygens (including phenoxy) is 4. The van der Waals surface area contributed by atoms with Gasteiger partial charge in [-0.05, 0) is 59.7 Å². The van der Waals surface area contributed by atoms with Crippen LogP contribution in [0.3, 0.4) is 0 Å². The number of methoxy groups -OCH3 is 1. The molecule has 0 spiro atoms. The van der Waals surface area contributed by atoms with Gasteiger partial charge in [-0.3, -0.25) is 4.79 Å². The van der Waals surface area contributed by atoms with Crippen LogP contribution in [-0.4, -0.2) is 29.8 Å². The first-order valence-corrected chi connectivity index (χ1v) is 12.2. The lowest BCUT2D eigenvalue weighted by atomic mass is 10.2. The van der Waals surface area contributed by atoms with E-state index in [0.717, 1.165) is 21.3 Å². The lowest BCUT2D eigenvalue weighted by Crippen LogP contribution is -2.23. The number of aromatic nitrogens is 2. The Balaban J connectivity index is 1.40. The molecule has 2 heterocycles. The molecule has 1 aliphatic rings. The Kier molecular flexibility index (Phi) is 6.65. The smallest absolute Gasteiger partial charge is 0.282 e. The number of fused-ring (bicyclic) bond motifs is 2. The van der Waals surface area contributed by atoms with Crippen LogP contribution in [0.1, 0.15) is 36.7 Å². The van der Waals surface area contributed by atoms with Crippen LogP contribution in [0.25, 0.3) is 10.9 Å². The van der Waals surface area contributed by atoms with E-state index in [-0.39, 0.29) is 18.3 Å². The predicted octanol–water partition coefficient (Wildman–Crippen LogP) is 5.48. The highest BCUT2D eigenvalue weighted by atomic mass is 79.9. The number of hydrogen-bond donors (Lipinski definition) is 0. The van der Waals surface area contributed by atoms with Gasteiger partial charge < -0.3 is 18.9 Å². The molecular weight excluding hydrogens is 526 g/mol. The molecule has 0 saturated heterocycles. The molecule has 0 fully saturated rings. The average molecular weight is 550 g/mol. The highest BCUT2D eigenvalue weighted by Gasteiger charge is 2.15. The summed E-state index contributed by atoms with van der Waals surface area (Å²) in [5.41, 5.74) is 2.11. The van der Waals surface area contributed by atoms with Crippen LogP contribution in [0, 0.1) is 0 Å². The number of rotatable bonds is 7. The summed E-state index contributed by atoms with van der Waals surface area (Å²) in [5, 5.41) is 4.98. The average Bonchev–Trinajstić information content (AvgIpc) is 3.35. The van der Waals surface area contributed by atoms with Crippen LogP contribution in [0.15, 0.2) is 69.0 Å². The maximum atomic E-state index is 13.2. The van der Waals surface area contributed by atoms with Crippen molar-refractivity contribution < 1.29 is 18.9 Å². The van der Waals surface area contributed by atoms with Gasteiger partial charge in [0.25, 0.3) is 5.56 Å². The van der Waals surface area contributed by atoms with Crippen molar-refractivity contribution in [2.75, 3.05) is 13.9 Å². The Morgan fingerprint density at radius 1 is 1.08 bits per heavy atom. The fourth-order valence-corrected chi connectivity index (χ4v) is 4.21. The van der Waals surface area contributed by atoms with Gasteiger partial charge in [-0.25, -0.2) is 4.98 Å². The van der Waals surface area contributed by atoms with Crippen molar-refractivity contribution in [3.8, 4) is 23.0 Å². The van der Waals surface area contributed by atoms with Crippen molar-refractivity contribution in [2.24, 2.45) is 5.10 Å². The van der Waals surface area contributed by atoms with Gasteiger partial charge in [-0.2, -0.15) is 9.78 Å². The number of halogens is 1. The van der Waals surface area contributed by atoms with Crippen LogP contribution in [0.2, 0.25) is 0 Å². The second-order valence-corrected chi connectivity index (χ2v) is 9.45. The lowest BCUT2D eigenvalue weighted by molar-refractivity contribution is 0.174. The zero-order chi connectivity index (χ0) is 25.2. The van der Waals surface area contributed by atoms with Gasteiger partial charge in [0, 0.05) is 10.4 Å². The Labute approximate surface area is 216 Å². The van der Waals surface area contributed by atoms with E-state index in [2.05, 4.69) is 26.0 Å². The quantitative estimate of drug-likeness (QED) is 0.284. The minimum Gasteiger partial charge on any atom is -0.493 e. The Hall–Kier alpha value is -3.85. The third kappa shape index (κ3) is 4.79. The molecule has 0 atom stereocenters. The molecule has 0 amide bonds. The molecular formula is C27H24BrN3O5. The standard InChI is InChI=1S/C27H24BrN3O5/c1-16(2)26-30-21-7-6-19(28)12-20(21)27(32)31(26)29-13-17-4-8-22(24(10-17)33-3)34-14-18-5-9-23-25(11-18)36-15-35-23/h4-13,16H,14-15H2,1-3H3. The Morgan fingerprint density at radius 2 is 1.92 bits per heavy atom. The molecule has 9 heteroatoms. The summed E-state index contributed by atoms with van der Waals surface area (Å²) in [6.07, 6.45) is 1.61. The molecule has 0 bridgehead atoms. The fourth-order valence-electron chi connectivity index (χ4n) is 3.85. The first-order valence-electron chi connectivity index (χ1n) is 11.4. The molecule has 0 radical (unpaired) electrons. The summed E-state index contributed by atoms with van der Waals surface area (Å²) < 4.78 is 24.5. The third-order valence-electron chi connectivity index (χ3n) is 5.69. The van der Waals surface area contributed by atoms with Gasteiger partial charge in [0.2, 0.25) is 6.79 Å². The summed E-state index contributed by atoms with van der Waals surface area (Å²) in [4.78, 5) is 17.9. The van der Waals surface area contributed by atoms with Gasteiger partial charge in [-0.1, -0.05) is 35.8 Å². The predicted molar refractivity (Wildman–Crippen MR) is 141 cm³/mol. The Morgan fingerprint density at radius 3 is 2.72 bits per heavy atom. The zero-order valence-electron chi connectivity index (χ0n) is 20.0. The van der Waals surface area contributed by atoms with E-state index in [0.29, 0.717) is 40.6 Å². The number of benzene rings is 3. The maximum Gasteiger partial charge on any atom is 0.282 e. The first kappa shape index (κ1) is 23.9. The minimum atomic E-state index is -0.225. The number of nitrogens with zero attached hydrogens (tertiary/aromatic N) is 3. The molecule has 3 aromatic carbocycles. The molecule has 5 rings (SSSR count). The maximum absolute atomic E-state index is 13.2. The van der Waals surface area contributed by atoms with E-state index in [4.69, 9.17) is 18.9 Å². The highest BCUT2D eigenvalue weighted by molar-refractivity contribution is 9.10. The fraction of sp³-hybridized carbons (Fsp3) is 0.222. The van der Waals surface area contributed by atoms with Crippen LogP contribution in [0.4, 0.5) is 0 Å². The molecule has 184 valence electrons. The van der Waals surface area contributed by atoms with E-state index in [1.54, 1.807) is 19.4 Å². The van der Waals surface area contributed by atoms with Gasteiger partial charge in [0.15, 0.2) is 23.0 Å². The van der Waals surface area contributed by atoms with E-state index in [1.807, 2.05) is 62.4 Å². The van der Waals surface area contributed by atoms with Gasteiger partial charge in [0.1, 0.15) is 12.4 Å². The van der Waals surface area contributed by atoms with E-state index >= 15 is 0 Å². The van der Waals surface area contributed by atoms with Crippen molar-refractivity contribution in [1.29, 1.82) is 0 Å².